The van der Waals surface area contributed by atoms with E-state index in [9.17, 15) is 4.79 Å². The number of hydrogen-bond donors (Lipinski definition) is 0. The number of hydrogen-bond acceptors (Lipinski definition) is 4. The van der Waals surface area contributed by atoms with Gasteiger partial charge in [-0.25, -0.2) is 14.3 Å². The summed E-state index contributed by atoms with van der Waals surface area (Å²) in [6.07, 6.45) is 0. The second-order valence-electron chi connectivity index (χ2n) is 5.76. The van der Waals surface area contributed by atoms with Gasteiger partial charge in [0, 0.05) is 11.1 Å². The highest BCUT2D eigenvalue weighted by Gasteiger charge is 2.24. The molecule has 0 aliphatic carbocycles. The van der Waals surface area contributed by atoms with E-state index >= 15 is 0 Å². The Morgan fingerprint density at radius 3 is 2.47 bits per heavy atom. The van der Waals surface area contributed by atoms with Crippen molar-refractivity contribution < 1.29 is 9.53 Å². The van der Waals surface area contributed by atoms with Crippen LogP contribution in [0.25, 0.3) is 5.65 Å². The summed E-state index contributed by atoms with van der Waals surface area (Å²) in [4.78, 5) is 16.4. The van der Waals surface area contributed by atoms with E-state index in [1.54, 1.807) is 4.52 Å². The van der Waals surface area contributed by atoms with Crippen LogP contribution in [0.1, 0.15) is 48.2 Å². The van der Waals surface area contributed by atoms with Crippen molar-refractivity contribution in [2.45, 2.75) is 40.0 Å². The summed E-state index contributed by atoms with van der Waals surface area (Å²) < 4.78 is 6.55. The Morgan fingerprint density at radius 1 is 1.32 bits per heavy atom. The zero-order chi connectivity index (χ0) is 14.4. The van der Waals surface area contributed by atoms with Gasteiger partial charge < -0.3 is 4.74 Å². The predicted molar refractivity (Wildman–Crippen MR) is 72.5 cm³/mol. The number of pyridine rings is 1. The monoisotopic (exact) mass is 261 g/mol. The van der Waals surface area contributed by atoms with Crippen LogP contribution < -0.4 is 0 Å². The van der Waals surface area contributed by atoms with Gasteiger partial charge in [0.05, 0.1) is 7.11 Å². The Labute approximate surface area is 112 Å². The van der Waals surface area contributed by atoms with Crippen molar-refractivity contribution in [3.63, 3.8) is 0 Å². The lowest BCUT2D eigenvalue weighted by atomic mass is 9.96. The number of esters is 1. The van der Waals surface area contributed by atoms with E-state index in [4.69, 9.17) is 4.74 Å². The second kappa shape index (κ2) is 4.33. The van der Waals surface area contributed by atoms with Gasteiger partial charge in [0.2, 0.25) is 0 Å². The van der Waals surface area contributed by atoms with Gasteiger partial charge in [-0.05, 0) is 25.5 Å². The molecule has 19 heavy (non-hydrogen) atoms. The first kappa shape index (κ1) is 13.5. The lowest BCUT2D eigenvalue weighted by Gasteiger charge is -2.11. The molecule has 0 spiro atoms. The highest BCUT2D eigenvalue weighted by Crippen LogP contribution is 2.23. The van der Waals surface area contributed by atoms with Gasteiger partial charge in [-0.3, -0.25) is 0 Å². The van der Waals surface area contributed by atoms with Crippen molar-refractivity contribution in [1.82, 2.24) is 14.6 Å². The van der Waals surface area contributed by atoms with E-state index in [-0.39, 0.29) is 11.4 Å². The smallest absolute Gasteiger partial charge is 0.341 e. The zero-order valence-corrected chi connectivity index (χ0v) is 12.2. The van der Waals surface area contributed by atoms with E-state index in [1.165, 1.54) is 7.11 Å². The first-order valence-corrected chi connectivity index (χ1v) is 6.21. The largest absolute Gasteiger partial charge is 0.465 e. The summed E-state index contributed by atoms with van der Waals surface area (Å²) in [7, 11) is 1.37. The molecule has 0 N–H and O–H groups in total. The SMILES string of the molecule is COC(=O)c1c(C)cc(C)n2nc(C(C)(C)C)nc12. The van der Waals surface area contributed by atoms with Crippen LogP contribution in [0.3, 0.4) is 0 Å². The van der Waals surface area contributed by atoms with Gasteiger partial charge in [0.15, 0.2) is 11.5 Å². The fraction of sp³-hybridized carbons (Fsp3) is 0.500. The number of rotatable bonds is 1. The molecule has 5 heteroatoms. The standard InChI is InChI=1S/C14H19N3O2/c1-8-7-9(2)17-11(10(8)12(18)19-6)15-13(16-17)14(3,4)5/h7H,1-6H3. The van der Waals surface area contributed by atoms with Crippen molar-refractivity contribution in [3.8, 4) is 0 Å². The highest BCUT2D eigenvalue weighted by molar-refractivity contribution is 5.97. The molecule has 0 aliphatic heterocycles. The molecule has 2 rings (SSSR count). The topological polar surface area (TPSA) is 56.5 Å². The van der Waals surface area contributed by atoms with Gasteiger partial charge in [-0.2, -0.15) is 5.10 Å². The maximum absolute atomic E-state index is 11.9. The molecular weight excluding hydrogens is 242 g/mol. The third kappa shape index (κ3) is 2.20. The van der Waals surface area contributed by atoms with E-state index in [0.717, 1.165) is 11.3 Å². The number of carbonyl (C=O) groups excluding carboxylic acids is 1. The molecule has 5 nitrogen and oxygen atoms in total. The Kier molecular flexibility index (Phi) is 3.08. The minimum Gasteiger partial charge on any atom is -0.465 e. The molecule has 2 aromatic rings. The lowest BCUT2D eigenvalue weighted by Crippen LogP contribution is -2.13. The van der Waals surface area contributed by atoms with Crippen molar-refractivity contribution in [1.29, 1.82) is 0 Å². The first-order valence-electron chi connectivity index (χ1n) is 6.21. The molecule has 2 aromatic heterocycles. The third-order valence-electron chi connectivity index (χ3n) is 3.04. The summed E-state index contributed by atoms with van der Waals surface area (Å²) in [5, 5.41) is 4.50. The number of aromatic nitrogens is 3. The quantitative estimate of drug-likeness (QED) is 0.740. The van der Waals surface area contributed by atoms with Crippen molar-refractivity contribution in [3.05, 3.63) is 28.7 Å². The summed E-state index contributed by atoms with van der Waals surface area (Å²) in [5.74, 6) is 0.335. The molecule has 0 aliphatic rings. The molecule has 0 saturated heterocycles. The zero-order valence-electron chi connectivity index (χ0n) is 12.2. The molecule has 0 atom stereocenters. The number of fused-ring (bicyclic) bond motifs is 1. The summed E-state index contributed by atoms with van der Waals surface area (Å²) in [5.41, 5.74) is 2.68. The van der Waals surface area contributed by atoms with E-state index in [2.05, 4.69) is 10.1 Å². The molecule has 0 saturated carbocycles. The van der Waals surface area contributed by atoms with Crippen molar-refractivity contribution in [2.75, 3.05) is 7.11 Å². The fourth-order valence-electron chi connectivity index (χ4n) is 2.01. The number of carbonyl (C=O) groups is 1. The summed E-state index contributed by atoms with van der Waals surface area (Å²) >= 11 is 0. The van der Waals surface area contributed by atoms with Gasteiger partial charge in [-0.1, -0.05) is 20.8 Å². The first-order chi connectivity index (χ1) is 8.75. The molecule has 102 valence electrons. The molecule has 0 amide bonds. The molecule has 0 unspecified atom stereocenters. The van der Waals surface area contributed by atoms with Crippen molar-refractivity contribution >= 4 is 11.6 Å². The molecular formula is C14H19N3O2. The van der Waals surface area contributed by atoms with Crippen LogP contribution in [0.2, 0.25) is 0 Å². The third-order valence-corrected chi connectivity index (χ3v) is 3.04. The maximum atomic E-state index is 11.9. The number of nitrogens with zero attached hydrogens (tertiary/aromatic N) is 3. The molecule has 0 aromatic carbocycles. The van der Waals surface area contributed by atoms with E-state index in [1.807, 2.05) is 40.7 Å². The minimum absolute atomic E-state index is 0.167. The molecule has 0 radical (unpaired) electrons. The van der Waals surface area contributed by atoms with Crippen LogP contribution in [0.4, 0.5) is 0 Å². The van der Waals surface area contributed by atoms with Gasteiger partial charge in [0.25, 0.3) is 0 Å². The van der Waals surface area contributed by atoms with Gasteiger partial charge in [-0.15, -0.1) is 0 Å². The van der Waals surface area contributed by atoms with Crippen LogP contribution >= 0.6 is 0 Å². The minimum atomic E-state index is -0.379. The van der Waals surface area contributed by atoms with E-state index in [0.29, 0.717) is 17.0 Å². The average molecular weight is 261 g/mol. The normalized spacial score (nSPS) is 11.9. The van der Waals surface area contributed by atoms with Crippen LogP contribution in [0, 0.1) is 13.8 Å². The lowest BCUT2D eigenvalue weighted by molar-refractivity contribution is 0.0601. The Morgan fingerprint density at radius 2 is 1.95 bits per heavy atom. The molecule has 0 fully saturated rings. The highest BCUT2D eigenvalue weighted by atomic mass is 16.5. The number of aryl methyl sites for hydroxylation is 2. The van der Waals surface area contributed by atoms with Crippen LogP contribution in [-0.4, -0.2) is 27.7 Å². The summed E-state index contributed by atoms with van der Waals surface area (Å²) in [6.45, 7) is 9.96. The van der Waals surface area contributed by atoms with Crippen LogP contribution in [0.15, 0.2) is 6.07 Å². The predicted octanol–water partition coefficient (Wildman–Crippen LogP) is 2.43. The Bertz CT molecular complexity index is 651. The average Bonchev–Trinajstić information content (AvgIpc) is 2.73. The van der Waals surface area contributed by atoms with Gasteiger partial charge >= 0.3 is 5.97 Å². The molecule has 2 heterocycles. The Hall–Kier alpha value is -1.91. The number of methoxy groups -OCH3 is 1. The van der Waals surface area contributed by atoms with Gasteiger partial charge in [0.1, 0.15) is 5.56 Å². The van der Waals surface area contributed by atoms with Crippen molar-refractivity contribution in [2.24, 2.45) is 0 Å². The Balaban J connectivity index is 2.82. The second-order valence-corrected chi connectivity index (χ2v) is 5.76. The van der Waals surface area contributed by atoms with E-state index < -0.39 is 0 Å². The van der Waals surface area contributed by atoms with Crippen LogP contribution in [-0.2, 0) is 10.2 Å². The van der Waals surface area contributed by atoms with Crippen LogP contribution in [0.5, 0.6) is 0 Å². The molecule has 0 bridgehead atoms. The maximum Gasteiger partial charge on any atom is 0.341 e. The number of ether oxygens (including phenoxy) is 1. The fourth-order valence-corrected chi connectivity index (χ4v) is 2.01. The summed E-state index contributed by atoms with van der Waals surface area (Å²) in [6, 6.07) is 1.92.